The van der Waals surface area contributed by atoms with Crippen LogP contribution in [0.5, 0.6) is 0 Å². The predicted molar refractivity (Wildman–Crippen MR) is 147 cm³/mol. The van der Waals surface area contributed by atoms with Crippen LogP contribution in [-0.2, 0) is 26.2 Å². The Bertz CT molecular complexity index is 1370. The molecule has 1 atom stereocenters. The molecule has 0 aliphatic heterocycles. The van der Waals surface area contributed by atoms with Gasteiger partial charge in [0.25, 0.3) is 10.0 Å². The predicted octanol–water partition coefficient (Wildman–Crippen LogP) is 4.58. The average molecular weight is 540 g/mol. The first-order chi connectivity index (χ1) is 17.9. The molecule has 3 aromatic rings. The summed E-state index contributed by atoms with van der Waals surface area (Å²) in [6.45, 7) is 8.35. The van der Waals surface area contributed by atoms with E-state index in [4.69, 9.17) is 0 Å². The van der Waals surface area contributed by atoms with Crippen LogP contribution in [0.4, 0.5) is 10.1 Å². The van der Waals surface area contributed by atoms with Gasteiger partial charge in [0.15, 0.2) is 0 Å². The van der Waals surface area contributed by atoms with E-state index in [1.165, 1.54) is 35.2 Å². The summed E-state index contributed by atoms with van der Waals surface area (Å²) >= 11 is 0. The van der Waals surface area contributed by atoms with Crippen LogP contribution in [0.1, 0.15) is 37.5 Å². The highest BCUT2D eigenvalue weighted by Crippen LogP contribution is 2.27. The fourth-order valence-corrected chi connectivity index (χ4v) is 5.30. The number of hydrogen-bond donors (Lipinski definition) is 1. The van der Waals surface area contributed by atoms with E-state index >= 15 is 0 Å². The number of sulfonamides is 1. The number of carbonyl (C=O) groups excluding carboxylic acids is 2. The molecule has 0 aliphatic carbocycles. The zero-order chi connectivity index (χ0) is 28.0. The molecule has 0 saturated heterocycles. The SMILES string of the molecule is Cc1ccc(CN(C(=O)CN(c2ccccc2F)S(=O)(=O)c2ccc(C)cc2)C(C)C(=O)NC(C)C)cc1. The minimum atomic E-state index is -4.32. The lowest BCUT2D eigenvalue weighted by atomic mass is 10.1. The zero-order valence-corrected chi connectivity index (χ0v) is 23.1. The molecule has 0 radical (unpaired) electrons. The third kappa shape index (κ3) is 6.98. The summed E-state index contributed by atoms with van der Waals surface area (Å²) in [5.41, 5.74) is 2.40. The van der Waals surface area contributed by atoms with E-state index in [1.54, 1.807) is 19.1 Å². The maximum Gasteiger partial charge on any atom is 0.264 e. The molecule has 202 valence electrons. The summed E-state index contributed by atoms with van der Waals surface area (Å²) < 4.78 is 43.1. The zero-order valence-electron chi connectivity index (χ0n) is 22.3. The van der Waals surface area contributed by atoms with E-state index in [2.05, 4.69) is 5.32 Å². The first-order valence-corrected chi connectivity index (χ1v) is 13.8. The van der Waals surface area contributed by atoms with E-state index in [9.17, 15) is 22.4 Å². The second kappa shape index (κ2) is 12.2. The minimum absolute atomic E-state index is 0.0709. The van der Waals surface area contributed by atoms with Crippen LogP contribution in [0.15, 0.2) is 77.7 Å². The Balaban J connectivity index is 2.04. The van der Waals surface area contributed by atoms with Gasteiger partial charge in [-0.15, -0.1) is 0 Å². The fourth-order valence-electron chi connectivity index (χ4n) is 3.88. The second-order valence-corrected chi connectivity index (χ2v) is 11.5. The maximum absolute atomic E-state index is 14.9. The van der Waals surface area contributed by atoms with Crippen LogP contribution >= 0.6 is 0 Å². The van der Waals surface area contributed by atoms with E-state index in [0.717, 1.165) is 27.1 Å². The van der Waals surface area contributed by atoms with Crippen molar-refractivity contribution in [3.05, 3.63) is 95.3 Å². The molecule has 0 heterocycles. The molecule has 1 N–H and O–H groups in total. The number of anilines is 1. The van der Waals surface area contributed by atoms with Gasteiger partial charge in [0, 0.05) is 12.6 Å². The highest BCUT2D eigenvalue weighted by atomic mass is 32.2. The number of rotatable bonds is 10. The molecule has 7 nitrogen and oxygen atoms in total. The minimum Gasteiger partial charge on any atom is -0.352 e. The molecule has 1 unspecified atom stereocenters. The number of para-hydroxylation sites is 1. The normalized spacial score (nSPS) is 12.2. The van der Waals surface area contributed by atoms with Gasteiger partial charge in [0.2, 0.25) is 11.8 Å². The molecule has 3 aromatic carbocycles. The molecule has 0 fully saturated rings. The summed E-state index contributed by atoms with van der Waals surface area (Å²) in [6, 6.07) is 17.9. The Morgan fingerprint density at radius 2 is 1.42 bits per heavy atom. The lowest BCUT2D eigenvalue weighted by Crippen LogP contribution is -2.52. The molecule has 0 spiro atoms. The molecule has 0 aromatic heterocycles. The molecular weight excluding hydrogens is 505 g/mol. The molecule has 0 aliphatic rings. The molecule has 38 heavy (non-hydrogen) atoms. The van der Waals surface area contributed by atoms with Gasteiger partial charge < -0.3 is 10.2 Å². The number of nitrogens with zero attached hydrogens (tertiary/aromatic N) is 2. The number of aryl methyl sites for hydroxylation is 2. The van der Waals surface area contributed by atoms with Crippen molar-refractivity contribution in [1.29, 1.82) is 0 Å². The molecule has 0 bridgehead atoms. The maximum atomic E-state index is 14.9. The molecule has 0 saturated carbocycles. The molecule has 9 heteroatoms. The highest BCUT2D eigenvalue weighted by Gasteiger charge is 2.33. The van der Waals surface area contributed by atoms with Crippen molar-refractivity contribution in [2.45, 2.75) is 58.1 Å². The van der Waals surface area contributed by atoms with Gasteiger partial charge in [0.05, 0.1) is 10.6 Å². The number of carbonyl (C=O) groups is 2. The van der Waals surface area contributed by atoms with Gasteiger partial charge in [-0.3, -0.25) is 13.9 Å². The average Bonchev–Trinajstić information content (AvgIpc) is 2.86. The van der Waals surface area contributed by atoms with Gasteiger partial charge in [0.1, 0.15) is 18.4 Å². The van der Waals surface area contributed by atoms with Crippen molar-refractivity contribution in [2.24, 2.45) is 0 Å². The van der Waals surface area contributed by atoms with Gasteiger partial charge in [-0.2, -0.15) is 0 Å². The topological polar surface area (TPSA) is 86.8 Å². The number of nitrogens with one attached hydrogen (secondary N) is 1. The van der Waals surface area contributed by atoms with Crippen LogP contribution in [0, 0.1) is 19.7 Å². The molecule has 3 rings (SSSR count). The largest absolute Gasteiger partial charge is 0.352 e. The van der Waals surface area contributed by atoms with Crippen LogP contribution < -0.4 is 9.62 Å². The third-order valence-corrected chi connectivity index (χ3v) is 7.85. The van der Waals surface area contributed by atoms with Crippen molar-refractivity contribution < 1.29 is 22.4 Å². The Hall–Kier alpha value is -3.72. The van der Waals surface area contributed by atoms with Crippen molar-refractivity contribution >= 4 is 27.5 Å². The third-order valence-electron chi connectivity index (χ3n) is 6.08. The molecular formula is C29H34FN3O4S. The van der Waals surface area contributed by atoms with Crippen molar-refractivity contribution in [2.75, 3.05) is 10.8 Å². The standard InChI is InChI=1S/C29H34FN3O4S/c1-20(2)31-29(35)23(5)32(18-24-14-10-21(3)11-15-24)28(34)19-33(27-9-7-6-8-26(27)30)38(36,37)25-16-12-22(4)13-17-25/h6-17,20,23H,18-19H2,1-5H3,(H,31,35). The van der Waals surface area contributed by atoms with Crippen LogP contribution in [0.25, 0.3) is 0 Å². The van der Waals surface area contributed by atoms with Crippen molar-refractivity contribution in [3.63, 3.8) is 0 Å². The van der Waals surface area contributed by atoms with E-state index in [-0.39, 0.29) is 29.1 Å². The van der Waals surface area contributed by atoms with E-state index < -0.39 is 34.3 Å². The van der Waals surface area contributed by atoms with Crippen molar-refractivity contribution in [1.82, 2.24) is 10.2 Å². The van der Waals surface area contributed by atoms with E-state index in [1.807, 2.05) is 52.0 Å². The summed E-state index contributed by atoms with van der Waals surface area (Å²) in [6.07, 6.45) is 0. The lowest BCUT2D eigenvalue weighted by Gasteiger charge is -2.32. The van der Waals surface area contributed by atoms with Crippen molar-refractivity contribution in [3.8, 4) is 0 Å². The van der Waals surface area contributed by atoms with Crippen LogP contribution in [0.3, 0.4) is 0 Å². The number of halogens is 1. The van der Waals surface area contributed by atoms with Crippen LogP contribution in [-0.4, -0.2) is 43.8 Å². The van der Waals surface area contributed by atoms with Crippen LogP contribution in [0.2, 0.25) is 0 Å². The monoisotopic (exact) mass is 539 g/mol. The summed E-state index contributed by atoms with van der Waals surface area (Å²) in [5, 5.41) is 2.80. The summed E-state index contributed by atoms with van der Waals surface area (Å²) in [7, 11) is -4.32. The molecule has 2 amide bonds. The first kappa shape index (κ1) is 28.8. The van der Waals surface area contributed by atoms with Gasteiger partial charge in [-0.1, -0.05) is 59.7 Å². The first-order valence-electron chi connectivity index (χ1n) is 12.4. The summed E-state index contributed by atoms with van der Waals surface area (Å²) in [5.74, 6) is -1.80. The quantitative estimate of drug-likeness (QED) is 0.409. The number of hydrogen-bond acceptors (Lipinski definition) is 4. The van der Waals surface area contributed by atoms with E-state index in [0.29, 0.717) is 0 Å². The number of benzene rings is 3. The lowest BCUT2D eigenvalue weighted by molar-refractivity contribution is -0.139. The fraction of sp³-hybridized carbons (Fsp3) is 0.310. The Morgan fingerprint density at radius 1 is 0.868 bits per heavy atom. The highest BCUT2D eigenvalue weighted by molar-refractivity contribution is 7.92. The van der Waals surface area contributed by atoms with Gasteiger partial charge in [-0.05, 0) is 64.4 Å². The summed E-state index contributed by atoms with van der Waals surface area (Å²) in [4.78, 5) is 27.9. The smallest absolute Gasteiger partial charge is 0.264 e. The van der Waals surface area contributed by atoms with Gasteiger partial charge in [-0.25, -0.2) is 12.8 Å². The second-order valence-electron chi connectivity index (χ2n) is 9.62. The van der Waals surface area contributed by atoms with Gasteiger partial charge >= 0.3 is 0 Å². The Kier molecular flexibility index (Phi) is 9.27. The number of amides is 2. The Labute approximate surface area is 224 Å². The Morgan fingerprint density at radius 3 is 1.97 bits per heavy atom.